The summed E-state index contributed by atoms with van der Waals surface area (Å²) in [6.45, 7) is 0. The molecule has 3 aromatic rings. The van der Waals surface area contributed by atoms with Crippen molar-refractivity contribution in [2.24, 2.45) is 5.73 Å². The van der Waals surface area contributed by atoms with Crippen molar-refractivity contribution >= 4 is 22.6 Å². The van der Waals surface area contributed by atoms with Crippen molar-refractivity contribution in [1.82, 2.24) is 4.57 Å². The van der Waals surface area contributed by atoms with Gasteiger partial charge in [0, 0.05) is 17.8 Å². The number of nitrogens with two attached hydrogens (primary N) is 2. The van der Waals surface area contributed by atoms with E-state index in [1.165, 1.54) is 35.2 Å². The zero-order valence-corrected chi connectivity index (χ0v) is 12.5. The summed E-state index contributed by atoms with van der Waals surface area (Å²) in [5.41, 5.74) is 9.17. The number of halogens is 4. The third-order valence-electron chi connectivity index (χ3n) is 3.58. The molecule has 3 rings (SSSR count). The van der Waals surface area contributed by atoms with Crippen LogP contribution in [-0.2, 0) is 6.18 Å². The summed E-state index contributed by atoms with van der Waals surface area (Å²) in [6.07, 6.45) is -2.82. The number of aromatic nitrogens is 1. The number of primary amides is 1. The maximum absolute atomic E-state index is 14.4. The Bertz CT molecular complexity index is 979. The predicted molar refractivity (Wildman–Crippen MR) is 82.9 cm³/mol. The summed E-state index contributed by atoms with van der Waals surface area (Å²) < 4.78 is 58.6. The molecular weight excluding hydrogens is 342 g/mol. The highest BCUT2D eigenvalue weighted by Gasteiger charge is 2.30. The number of carbonyl (C=O) groups excluding carboxylic acids is 1. The van der Waals surface area contributed by atoms with Crippen molar-refractivity contribution in [2.75, 3.05) is 5.73 Å². The van der Waals surface area contributed by atoms with Crippen LogP contribution in [-0.4, -0.2) is 10.7 Å². The number of carbonyl (C=O) groups is 1. The number of ether oxygens (including phenoxy) is 1. The van der Waals surface area contributed by atoms with Gasteiger partial charge >= 0.3 is 12.3 Å². The number of hydrogen-bond donors (Lipinski definition) is 2. The molecule has 0 aliphatic heterocycles. The van der Waals surface area contributed by atoms with Gasteiger partial charge in [-0.3, -0.25) is 0 Å². The van der Waals surface area contributed by atoms with Crippen LogP contribution in [0.3, 0.4) is 0 Å². The van der Waals surface area contributed by atoms with Crippen LogP contribution in [0.15, 0.2) is 42.7 Å². The molecule has 0 unspecified atom stereocenters. The fourth-order valence-electron chi connectivity index (χ4n) is 2.42. The molecule has 130 valence electrons. The smallest absolute Gasteiger partial charge is 0.408 e. The van der Waals surface area contributed by atoms with E-state index in [0.29, 0.717) is 5.39 Å². The van der Waals surface area contributed by atoms with Crippen LogP contribution < -0.4 is 16.2 Å². The first kappa shape index (κ1) is 16.6. The SMILES string of the molecule is NC(=O)Oc1ccc(-n2cc3ccc(C(F)(F)F)cc3c2)c(F)c1N. The molecule has 4 N–H and O–H groups in total. The molecule has 5 nitrogen and oxygen atoms in total. The van der Waals surface area contributed by atoms with E-state index in [1.54, 1.807) is 0 Å². The molecule has 25 heavy (non-hydrogen) atoms. The lowest BCUT2D eigenvalue weighted by Gasteiger charge is -2.10. The average Bonchev–Trinajstić information content (AvgIpc) is 2.93. The molecule has 0 saturated carbocycles. The molecule has 0 saturated heterocycles. The minimum absolute atomic E-state index is 0.0147. The predicted octanol–water partition coefficient (Wildman–Crippen LogP) is 3.83. The van der Waals surface area contributed by atoms with Crippen molar-refractivity contribution in [2.45, 2.75) is 6.18 Å². The van der Waals surface area contributed by atoms with Crippen LogP contribution in [0, 0.1) is 5.82 Å². The van der Waals surface area contributed by atoms with Gasteiger partial charge in [0.1, 0.15) is 5.69 Å². The Labute approximate surface area is 138 Å². The maximum atomic E-state index is 14.4. The molecule has 2 aromatic carbocycles. The average molecular weight is 353 g/mol. The fourth-order valence-corrected chi connectivity index (χ4v) is 2.42. The van der Waals surface area contributed by atoms with E-state index < -0.39 is 29.3 Å². The van der Waals surface area contributed by atoms with Gasteiger partial charge in [0.2, 0.25) is 0 Å². The first-order valence-corrected chi connectivity index (χ1v) is 6.91. The third-order valence-corrected chi connectivity index (χ3v) is 3.58. The van der Waals surface area contributed by atoms with Crippen molar-refractivity contribution < 1.29 is 27.1 Å². The zero-order valence-electron chi connectivity index (χ0n) is 12.5. The van der Waals surface area contributed by atoms with Gasteiger partial charge in [0.25, 0.3) is 0 Å². The minimum Gasteiger partial charge on any atom is -0.408 e. The number of fused-ring (bicyclic) bond motifs is 1. The van der Waals surface area contributed by atoms with Gasteiger partial charge < -0.3 is 20.8 Å². The molecule has 0 bridgehead atoms. The molecule has 1 amide bonds. The van der Waals surface area contributed by atoms with E-state index >= 15 is 0 Å². The number of nitrogen functional groups attached to an aromatic ring is 1. The van der Waals surface area contributed by atoms with Crippen molar-refractivity contribution in [3.05, 3.63) is 54.1 Å². The van der Waals surface area contributed by atoms with Crippen LogP contribution in [0.4, 0.5) is 28.0 Å². The Morgan fingerprint density at radius 2 is 1.76 bits per heavy atom. The van der Waals surface area contributed by atoms with Crippen LogP contribution in [0.2, 0.25) is 0 Å². The summed E-state index contributed by atoms with van der Waals surface area (Å²) in [6, 6.07) is 5.72. The van der Waals surface area contributed by atoms with E-state index in [4.69, 9.17) is 11.5 Å². The second-order valence-electron chi connectivity index (χ2n) is 5.24. The number of hydrogen-bond acceptors (Lipinski definition) is 3. The third kappa shape index (κ3) is 3.08. The minimum atomic E-state index is -4.47. The summed E-state index contributed by atoms with van der Waals surface area (Å²) >= 11 is 0. The second kappa shape index (κ2) is 5.69. The molecule has 1 aromatic heterocycles. The normalized spacial score (nSPS) is 11.7. The van der Waals surface area contributed by atoms with Crippen LogP contribution in [0.25, 0.3) is 16.5 Å². The Hall–Kier alpha value is -3.23. The number of anilines is 1. The van der Waals surface area contributed by atoms with Gasteiger partial charge in [0.05, 0.1) is 11.3 Å². The van der Waals surface area contributed by atoms with Gasteiger partial charge in [-0.25, -0.2) is 9.18 Å². The van der Waals surface area contributed by atoms with Crippen molar-refractivity contribution in [3.63, 3.8) is 0 Å². The monoisotopic (exact) mass is 353 g/mol. The number of benzene rings is 2. The highest BCUT2D eigenvalue weighted by Crippen LogP contribution is 2.33. The van der Waals surface area contributed by atoms with Crippen molar-refractivity contribution in [1.29, 1.82) is 0 Å². The fraction of sp³-hybridized carbons (Fsp3) is 0.0625. The molecule has 0 spiro atoms. The summed E-state index contributed by atoms with van der Waals surface area (Å²) in [7, 11) is 0. The molecule has 0 aliphatic rings. The first-order valence-electron chi connectivity index (χ1n) is 6.91. The number of nitrogens with zero attached hydrogens (tertiary/aromatic N) is 1. The summed E-state index contributed by atoms with van der Waals surface area (Å²) in [4.78, 5) is 10.7. The van der Waals surface area contributed by atoms with Gasteiger partial charge in [-0.2, -0.15) is 13.2 Å². The highest BCUT2D eigenvalue weighted by molar-refractivity contribution is 5.84. The molecule has 0 aliphatic carbocycles. The molecular formula is C16H11F4N3O2. The van der Waals surface area contributed by atoms with Gasteiger partial charge in [-0.05, 0) is 29.7 Å². The Morgan fingerprint density at radius 1 is 1.08 bits per heavy atom. The molecule has 9 heteroatoms. The lowest BCUT2D eigenvalue weighted by atomic mass is 10.1. The van der Waals surface area contributed by atoms with Gasteiger partial charge in [0.15, 0.2) is 11.6 Å². The maximum Gasteiger partial charge on any atom is 0.416 e. The van der Waals surface area contributed by atoms with Crippen LogP contribution >= 0.6 is 0 Å². The molecule has 0 radical (unpaired) electrons. The van der Waals surface area contributed by atoms with E-state index in [2.05, 4.69) is 4.74 Å². The Balaban J connectivity index is 2.07. The Morgan fingerprint density at radius 3 is 2.40 bits per heavy atom. The topological polar surface area (TPSA) is 83.3 Å². The Kier molecular flexibility index (Phi) is 3.78. The highest BCUT2D eigenvalue weighted by atomic mass is 19.4. The zero-order chi connectivity index (χ0) is 18.4. The largest absolute Gasteiger partial charge is 0.416 e. The van der Waals surface area contributed by atoms with E-state index in [-0.39, 0.29) is 16.8 Å². The summed E-state index contributed by atoms with van der Waals surface area (Å²) in [5.74, 6) is -1.14. The first-order chi connectivity index (χ1) is 11.7. The second-order valence-corrected chi connectivity index (χ2v) is 5.24. The van der Waals surface area contributed by atoms with Gasteiger partial charge in [-0.1, -0.05) is 6.07 Å². The number of rotatable bonds is 2. The number of amides is 1. The lowest BCUT2D eigenvalue weighted by molar-refractivity contribution is -0.137. The molecule has 0 atom stereocenters. The lowest BCUT2D eigenvalue weighted by Crippen LogP contribution is -2.17. The van der Waals surface area contributed by atoms with Crippen molar-refractivity contribution in [3.8, 4) is 11.4 Å². The molecule has 0 fully saturated rings. The van der Waals surface area contributed by atoms with Crippen LogP contribution in [0.1, 0.15) is 5.56 Å². The standard InChI is InChI=1S/C16H11F4N3O2/c17-13-11(3-4-12(14(13)21)25-15(22)24)23-6-8-1-2-10(16(18,19)20)5-9(8)7-23/h1-7H,21H2,(H2,22,24). The van der Waals surface area contributed by atoms with E-state index in [0.717, 1.165) is 12.1 Å². The van der Waals surface area contributed by atoms with Gasteiger partial charge in [-0.15, -0.1) is 0 Å². The molecule has 1 heterocycles. The number of alkyl halides is 3. The summed E-state index contributed by atoms with van der Waals surface area (Å²) in [5, 5.41) is 0.772. The van der Waals surface area contributed by atoms with E-state index in [1.807, 2.05) is 0 Å². The van der Waals surface area contributed by atoms with Crippen LogP contribution in [0.5, 0.6) is 5.75 Å². The van der Waals surface area contributed by atoms with E-state index in [9.17, 15) is 22.4 Å². The quantitative estimate of drug-likeness (QED) is 0.543.